The fourth-order valence-electron chi connectivity index (χ4n) is 4.98. The van der Waals surface area contributed by atoms with Gasteiger partial charge in [-0.3, -0.25) is 18.6 Å². The molecule has 2 atom stereocenters. The minimum atomic E-state index is -4.41. The summed E-state index contributed by atoms with van der Waals surface area (Å²) in [5.41, 5.74) is 0. The molecule has 3 N–H and O–H groups in total. The number of carbonyl (C=O) groups excluding carboxylic acids is 2. The Labute approximate surface area is 293 Å². The number of nitrogens with one attached hydrogen (secondary N) is 1. The number of aliphatic hydroxyl groups excluding tert-OH is 1. The lowest BCUT2D eigenvalue weighted by atomic mass is 10.1. The molecule has 0 aliphatic rings. The second-order valence-electron chi connectivity index (χ2n) is 12.5. The number of aliphatic hydroxyl groups is 1. The van der Waals surface area contributed by atoms with Gasteiger partial charge in [0.15, 0.2) is 0 Å². The summed E-state index contributed by atoms with van der Waals surface area (Å²) in [7, 11) is -4.41. The molecule has 0 heterocycles. The molecule has 2 unspecified atom stereocenters. The monoisotopic (exact) mass is 699 g/mol. The molecule has 0 spiro atoms. The third-order valence-electron chi connectivity index (χ3n) is 7.83. The number of rotatable bonds is 35. The SMILES string of the molecule is CC/C=C\C/C=C\C/C=C\CCCCCCCCCC(=O)OCC(O)COP(=O)(O)OCCNC(=O)CCCCCCCCCCCC. The van der Waals surface area contributed by atoms with Gasteiger partial charge in [0, 0.05) is 19.4 Å². The lowest BCUT2D eigenvalue weighted by Crippen LogP contribution is -2.27. The molecule has 9 nitrogen and oxygen atoms in total. The van der Waals surface area contributed by atoms with Crippen molar-refractivity contribution in [3.05, 3.63) is 36.5 Å². The molecular weight excluding hydrogens is 629 g/mol. The smallest absolute Gasteiger partial charge is 0.463 e. The summed E-state index contributed by atoms with van der Waals surface area (Å²) in [6, 6.07) is 0. The summed E-state index contributed by atoms with van der Waals surface area (Å²) in [6.07, 6.45) is 36.4. The van der Waals surface area contributed by atoms with Crippen LogP contribution in [-0.4, -0.2) is 54.3 Å². The molecule has 0 radical (unpaired) electrons. The van der Waals surface area contributed by atoms with E-state index in [-0.39, 0.29) is 32.1 Å². The minimum absolute atomic E-state index is 0.0817. The van der Waals surface area contributed by atoms with Gasteiger partial charge in [-0.05, 0) is 44.9 Å². The minimum Gasteiger partial charge on any atom is -0.463 e. The number of hydrogen-bond acceptors (Lipinski definition) is 7. The lowest BCUT2D eigenvalue weighted by molar-refractivity contribution is -0.147. The molecule has 280 valence electrons. The zero-order valence-electron chi connectivity index (χ0n) is 30.4. The van der Waals surface area contributed by atoms with Gasteiger partial charge in [0.05, 0.1) is 13.2 Å². The molecule has 0 saturated carbocycles. The highest BCUT2D eigenvalue weighted by atomic mass is 31.2. The molecule has 0 aliphatic heterocycles. The molecule has 0 bridgehead atoms. The van der Waals surface area contributed by atoms with Gasteiger partial charge in [-0.15, -0.1) is 0 Å². The molecule has 10 heteroatoms. The maximum absolute atomic E-state index is 12.0. The van der Waals surface area contributed by atoms with Gasteiger partial charge >= 0.3 is 13.8 Å². The number of ether oxygens (including phenoxy) is 1. The zero-order chi connectivity index (χ0) is 35.4. The third kappa shape index (κ3) is 35.5. The van der Waals surface area contributed by atoms with Gasteiger partial charge < -0.3 is 20.1 Å². The second kappa shape index (κ2) is 35.1. The molecular formula is C38H70NO8P. The van der Waals surface area contributed by atoms with Crippen molar-refractivity contribution in [2.75, 3.05) is 26.4 Å². The van der Waals surface area contributed by atoms with E-state index in [1.807, 2.05) is 0 Å². The predicted octanol–water partition coefficient (Wildman–Crippen LogP) is 9.82. The first-order valence-corrected chi connectivity index (χ1v) is 20.5. The summed E-state index contributed by atoms with van der Waals surface area (Å²) in [5, 5.41) is 12.6. The van der Waals surface area contributed by atoms with Crippen molar-refractivity contribution in [2.45, 2.75) is 168 Å². The summed E-state index contributed by atoms with van der Waals surface area (Å²) >= 11 is 0. The lowest BCUT2D eigenvalue weighted by Gasteiger charge is -2.15. The Hall–Kier alpha value is -1.77. The Bertz CT molecular complexity index is 892. The molecule has 0 saturated heterocycles. The molecule has 0 aromatic carbocycles. The van der Waals surface area contributed by atoms with Crippen LogP contribution in [0.1, 0.15) is 162 Å². The first-order valence-electron chi connectivity index (χ1n) is 19.0. The van der Waals surface area contributed by atoms with Crippen LogP contribution in [0.4, 0.5) is 0 Å². The second-order valence-corrected chi connectivity index (χ2v) is 14.0. The van der Waals surface area contributed by atoms with E-state index >= 15 is 0 Å². The number of carbonyl (C=O) groups is 2. The maximum Gasteiger partial charge on any atom is 0.472 e. The van der Waals surface area contributed by atoms with Crippen molar-refractivity contribution in [1.82, 2.24) is 5.32 Å². The van der Waals surface area contributed by atoms with Crippen LogP contribution < -0.4 is 5.32 Å². The molecule has 48 heavy (non-hydrogen) atoms. The van der Waals surface area contributed by atoms with Crippen LogP contribution >= 0.6 is 7.82 Å². The summed E-state index contributed by atoms with van der Waals surface area (Å²) in [5.74, 6) is -0.529. The Morgan fingerprint density at radius 1 is 0.667 bits per heavy atom. The van der Waals surface area contributed by atoms with Crippen molar-refractivity contribution in [3.8, 4) is 0 Å². The van der Waals surface area contributed by atoms with E-state index in [4.69, 9.17) is 13.8 Å². The van der Waals surface area contributed by atoms with Gasteiger partial charge in [-0.2, -0.15) is 0 Å². The standard InChI is InChI=1S/C38H70NO8P/c1-3-5-7-9-11-13-15-16-17-18-19-20-21-23-25-27-29-31-38(42)45-34-36(40)35-47-48(43,44)46-33-32-39-37(41)30-28-26-24-22-14-12-10-8-6-4-2/h5,7,11,13,16-17,36,40H,3-4,6,8-10,12,14-15,18-35H2,1-2H3,(H,39,41)(H,43,44)/b7-5-,13-11-,17-16-. The number of esters is 1. The van der Waals surface area contributed by atoms with Gasteiger partial charge in [0.2, 0.25) is 5.91 Å². The molecule has 0 fully saturated rings. The third-order valence-corrected chi connectivity index (χ3v) is 8.82. The van der Waals surface area contributed by atoms with Crippen LogP contribution in [0.15, 0.2) is 36.5 Å². The van der Waals surface area contributed by atoms with Crippen LogP contribution in [0.3, 0.4) is 0 Å². The van der Waals surface area contributed by atoms with E-state index in [9.17, 15) is 24.2 Å². The average molecular weight is 700 g/mol. The topological polar surface area (TPSA) is 131 Å². The summed E-state index contributed by atoms with van der Waals surface area (Å²) < 4.78 is 26.7. The van der Waals surface area contributed by atoms with Crippen LogP contribution in [-0.2, 0) is 27.9 Å². The molecule has 0 aromatic heterocycles. The Morgan fingerprint density at radius 3 is 1.79 bits per heavy atom. The zero-order valence-corrected chi connectivity index (χ0v) is 31.3. The van der Waals surface area contributed by atoms with Crippen LogP contribution in [0, 0.1) is 0 Å². The van der Waals surface area contributed by atoms with E-state index < -0.39 is 26.5 Å². The molecule has 0 rings (SSSR count). The van der Waals surface area contributed by atoms with Crippen LogP contribution in [0.25, 0.3) is 0 Å². The maximum atomic E-state index is 12.0. The number of phosphoric ester groups is 1. The quantitative estimate of drug-likeness (QED) is 0.0258. The number of unbranched alkanes of at least 4 members (excludes halogenated alkanes) is 16. The van der Waals surface area contributed by atoms with Crippen molar-refractivity contribution in [2.24, 2.45) is 0 Å². The fourth-order valence-corrected chi connectivity index (χ4v) is 5.74. The van der Waals surface area contributed by atoms with E-state index in [0.29, 0.717) is 6.42 Å². The molecule has 0 aromatic rings. The van der Waals surface area contributed by atoms with E-state index in [0.717, 1.165) is 70.6 Å². The van der Waals surface area contributed by atoms with Gasteiger partial charge in [0.25, 0.3) is 0 Å². The molecule has 1 amide bonds. The Balaban J connectivity index is 3.64. The Morgan fingerprint density at radius 2 is 1.19 bits per heavy atom. The van der Waals surface area contributed by atoms with E-state index in [1.54, 1.807) is 0 Å². The average Bonchev–Trinajstić information content (AvgIpc) is 3.07. The number of phosphoric acid groups is 1. The number of amides is 1. The van der Waals surface area contributed by atoms with Crippen molar-refractivity contribution in [3.63, 3.8) is 0 Å². The molecule has 0 aliphatic carbocycles. The largest absolute Gasteiger partial charge is 0.472 e. The summed E-state index contributed by atoms with van der Waals surface area (Å²) in [6.45, 7) is 3.40. The van der Waals surface area contributed by atoms with Crippen LogP contribution in [0.5, 0.6) is 0 Å². The number of allylic oxidation sites excluding steroid dienone is 6. The highest BCUT2D eigenvalue weighted by Gasteiger charge is 2.23. The van der Waals surface area contributed by atoms with Gasteiger partial charge in [-0.25, -0.2) is 4.57 Å². The van der Waals surface area contributed by atoms with E-state index in [2.05, 4.69) is 55.6 Å². The van der Waals surface area contributed by atoms with Gasteiger partial charge in [-0.1, -0.05) is 140 Å². The highest BCUT2D eigenvalue weighted by Crippen LogP contribution is 2.42. The normalized spacial score (nSPS) is 13.8. The van der Waals surface area contributed by atoms with Crippen molar-refractivity contribution >= 4 is 19.7 Å². The van der Waals surface area contributed by atoms with Crippen molar-refractivity contribution in [1.29, 1.82) is 0 Å². The first kappa shape index (κ1) is 46.2. The Kier molecular flexibility index (Phi) is 33.8. The summed E-state index contributed by atoms with van der Waals surface area (Å²) in [4.78, 5) is 33.7. The predicted molar refractivity (Wildman–Crippen MR) is 197 cm³/mol. The van der Waals surface area contributed by atoms with E-state index in [1.165, 1.54) is 64.2 Å². The first-order chi connectivity index (χ1) is 23.3. The van der Waals surface area contributed by atoms with Crippen molar-refractivity contribution < 1.29 is 37.9 Å². The number of hydrogen-bond donors (Lipinski definition) is 3. The van der Waals surface area contributed by atoms with Crippen LogP contribution in [0.2, 0.25) is 0 Å². The fraction of sp³-hybridized carbons (Fsp3) is 0.789. The van der Waals surface area contributed by atoms with Gasteiger partial charge in [0.1, 0.15) is 12.7 Å². The highest BCUT2D eigenvalue weighted by molar-refractivity contribution is 7.47.